The molecule has 0 aliphatic heterocycles. The van der Waals surface area contributed by atoms with Crippen LogP contribution in [0.5, 0.6) is 0 Å². The lowest BCUT2D eigenvalue weighted by molar-refractivity contribution is -0.140. The van der Waals surface area contributed by atoms with Crippen molar-refractivity contribution >= 4 is 16.2 Å². The van der Waals surface area contributed by atoms with Crippen molar-refractivity contribution in [3.8, 4) is 0 Å². The highest BCUT2D eigenvalue weighted by Crippen LogP contribution is 2.36. The second kappa shape index (κ2) is 5.76. The molecule has 0 radical (unpaired) electrons. The van der Waals surface area contributed by atoms with E-state index in [0.717, 1.165) is 25.7 Å². The van der Waals surface area contributed by atoms with E-state index in [-0.39, 0.29) is 25.0 Å². The molecule has 2 aliphatic carbocycles. The summed E-state index contributed by atoms with van der Waals surface area (Å²) in [5.74, 6) is 0.145. The van der Waals surface area contributed by atoms with E-state index in [1.807, 2.05) is 0 Å². The average Bonchev–Trinajstić information content (AvgIpc) is 3.25. The molecule has 0 atom stereocenters. The van der Waals surface area contributed by atoms with Gasteiger partial charge in [-0.05, 0) is 31.6 Å². The smallest absolute Gasteiger partial charge is 0.306 e. The first kappa shape index (κ1) is 14.7. The number of esters is 1. The van der Waals surface area contributed by atoms with Crippen molar-refractivity contribution in [1.82, 2.24) is 8.61 Å². The van der Waals surface area contributed by atoms with E-state index >= 15 is 0 Å². The van der Waals surface area contributed by atoms with Gasteiger partial charge in [-0.15, -0.1) is 0 Å². The SMILES string of the molecule is COC(=O)CCN(C)S(=O)(=O)N(CC1CC1)C1CC1. The molecule has 6 nitrogen and oxygen atoms in total. The van der Waals surface area contributed by atoms with Crippen molar-refractivity contribution in [1.29, 1.82) is 0 Å². The Bertz CT molecular complexity index is 429. The molecule has 0 bridgehead atoms. The maximum atomic E-state index is 12.5. The molecule has 0 saturated heterocycles. The minimum atomic E-state index is -3.44. The van der Waals surface area contributed by atoms with E-state index in [4.69, 9.17) is 0 Å². The first-order valence-electron chi connectivity index (χ1n) is 6.75. The first-order chi connectivity index (χ1) is 8.95. The largest absolute Gasteiger partial charge is 0.469 e. The number of hydrogen-bond acceptors (Lipinski definition) is 4. The van der Waals surface area contributed by atoms with Crippen LogP contribution in [0.25, 0.3) is 0 Å². The molecule has 0 aromatic rings. The van der Waals surface area contributed by atoms with Crippen LogP contribution in [0.15, 0.2) is 0 Å². The van der Waals surface area contributed by atoms with Crippen LogP contribution in [-0.4, -0.2) is 56.3 Å². The molecule has 2 aliphatic rings. The fourth-order valence-electron chi connectivity index (χ4n) is 1.99. The molecular formula is C12H22N2O4S. The molecule has 0 N–H and O–H groups in total. The quantitative estimate of drug-likeness (QED) is 0.614. The molecule has 0 unspecified atom stereocenters. The molecule has 0 heterocycles. The van der Waals surface area contributed by atoms with Gasteiger partial charge in [0.15, 0.2) is 0 Å². The van der Waals surface area contributed by atoms with Crippen molar-refractivity contribution < 1.29 is 17.9 Å². The van der Waals surface area contributed by atoms with Crippen LogP contribution in [0, 0.1) is 5.92 Å². The number of carbonyl (C=O) groups is 1. The number of carbonyl (C=O) groups excluding carboxylic acids is 1. The van der Waals surface area contributed by atoms with Gasteiger partial charge >= 0.3 is 5.97 Å². The Hall–Kier alpha value is -0.660. The zero-order valence-corrected chi connectivity index (χ0v) is 12.4. The zero-order chi connectivity index (χ0) is 14.0. The van der Waals surface area contributed by atoms with Gasteiger partial charge in [-0.1, -0.05) is 0 Å². The van der Waals surface area contributed by atoms with Gasteiger partial charge in [0.1, 0.15) is 0 Å². The van der Waals surface area contributed by atoms with Gasteiger partial charge in [-0.2, -0.15) is 17.0 Å². The molecule has 2 rings (SSSR count). The number of hydrogen-bond donors (Lipinski definition) is 0. The summed E-state index contributed by atoms with van der Waals surface area (Å²) in [5, 5.41) is 0. The highest BCUT2D eigenvalue weighted by Gasteiger charge is 2.42. The van der Waals surface area contributed by atoms with Gasteiger partial charge in [0.2, 0.25) is 0 Å². The van der Waals surface area contributed by atoms with E-state index in [0.29, 0.717) is 12.5 Å². The van der Waals surface area contributed by atoms with Crippen LogP contribution in [-0.2, 0) is 19.7 Å². The number of methoxy groups -OCH3 is 1. The van der Waals surface area contributed by atoms with Crippen molar-refractivity contribution in [3.63, 3.8) is 0 Å². The molecule has 19 heavy (non-hydrogen) atoms. The van der Waals surface area contributed by atoms with Crippen LogP contribution >= 0.6 is 0 Å². The summed E-state index contributed by atoms with van der Waals surface area (Å²) in [4.78, 5) is 11.1. The van der Waals surface area contributed by atoms with E-state index in [9.17, 15) is 13.2 Å². The third-order valence-corrected chi connectivity index (χ3v) is 5.65. The third kappa shape index (κ3) is 3.90. The second-order valence-corrected chi connectivity index (χ2v) is 7.39. The van der Waals surface area contributed by atoms with Crippen LogP contribution < -0.4 is 0 Å². The average molecular weight is 290 g/mol. The van der Waals surface area contributed by atoms with E-state index in [2.05, 4.69) is 4.74 Å². The summed E-state index contributed by atoms with van der Waals surface area (Å²) >= 11 is 0. The predicted octanol–water partition coefficient (Wildman–Crippen LogP) is 0.600. The van der Waals surface area contributed by atoms with Crippen molar-refractivity contribution in [2.45, 2.75) is 38.1 Å². The summed E-state index contributed by atoms with van der Waals surface area (Å²) in [5.41, 5.74) is 0. The highest BCUT2D eigenvalue weighted by atomic mass is 32.2. The topological polar surface area (TPSA) is 66.9 Å². The lowest BCUT2D eigenvalue weighted by atomic mass is 10.4. The van der Waals surface area contributed by atoms with E-state index < -0.39 is 10.2 Å². The minimum Gasteiger partial charge on any atom is -0.469 e. The Labute approximate surface area is 114 Å². The monoisotopic (exact) mass is 290 g/mol. The predicted molar refractivity (Wildman–Crippen MR) is 70.6 cm³/mol. The molecule has 2 saturated carbocycles. The van der Waals surface area contributed by atoms with Gasteiger partial charge in [-0.25, -0.2) is 0 Å². The lowest BCUT2D eigenvalue weighted by Gasteiger charge is -2.27. The number of rotatable bonds is 8. The molecule has 0 amide bonds. The molecule has 2 fully saturated rings. The third-order valence-electron chi connectivity index (χ3n) is 3.64. The lowest BCUT2D eigenvalue weighted by Crippen LogP contribution is -2.44. The van der Waals surface area contributed by atoms with E-state index in [1.54, 1.807) is 4.31 Å². The fourth-order valence-corrected chi connectivity index (χ4v) is 3.66. The van der Waals surface area contributed by atoms with E-state index in [1.165, 1.54) is 18.5 Å². The minimum absolute atomic E-state index is 0.0914. The Morgan fingerprint density at radius 3 is 2.37 bits per heavy atom. The first-order valence-corrected chi connectivity index (χ1v) is 8.14. The van der Waals surface area contributed by atoms with Gasteiger partial charge in [-0.3, -0.25) is 4.79 Å². The molecule has 7 heteroatoms. The molecule has 110 valence electrons. The van der Waals surface area contributed by atoms with Crippen molar-refractivity contribution in [2.24, 2.45) is 5.92 Å². The molecule has 0 aromatic carbocycles. The Kier molecular flexibility index (Phi) is 4.47. The van der Waals surface area contributed by atoms with Crippen molar-refractivity contribution in [2.75, 3.05) is 27.2 Å². The summed E-state index contributed by atoms with van der Waals surface area (Å²) in [6, 6.07) is 0.172. The van der Waals surface area contributed by atoms with Crippen LogP contribution in [0.3, 0.4) is 0 Å². The number of ether oxygens (including phenoxy) is 1. The van der Waals surface area contributed by atoms with Crippen molar-refractivity contribution in [3.05, 3.63) is 0 Å². The Morgan fingerprint density at radius 2 is 1.89 bits per heavy atom. The summed E-state index contributed by atoms with van der Waals surface area (Å²) in [6.45, 7) is 0.804. The zero-order valence-electron chi connectivity index (χ0n) is 11.5. The standard InChI is InChI=1S/C12H22N2O4S/c1-13(8-7-12(15)18-2)19(16,17)14(11-5-6-11)9-10-3-4-10/h10-11H,3-9H2,1-2H3. The summed E-state index contributed by atoms with van der Waals surface area (Å²) in [7, 11) is -0.604. The highest BCUT2D eigenvalue weighted by molar-refractivity contribution is 7.86. The summed E-state index contributed by atoms with van der Waals surface area (Å²) in [6.07, 6.45) is 4.26. The van der Waals surface area contributed by atoms with Gasteiger partial charge in [0.05, 0.1) is 13.5 Å². The van der Waals surface area contributed by atoms with Gasteiger partial charge in [0, 0.05) is 26.2 Å². The van der Waals surface area contributed by atoms with Gasteiger partial charge in [0.25, 0.3) is 10.2 Å². The molecule has 0 aromatic heterocycles. The Morgan fingerprint density at radius 1 is 1.26 bits per heavy atom. The number of nitrogens with zero attached hydrogens (tertiary/aromatic N) is 2. The maximum absolute atomic E-state index is 12.5. The van der Waals surface area contributed by atoms with Crippen LogP contribution in [0.2, 0.25) is 0 Å². The maximum Gasteiger partial charge on any atom is 0.306 e. The normalized spacial score (nSPS) is 20.0. The fraction of sp³-hybridized carbons (Fsp3) is 0.917. The Balaban J connectivity index is 1.95. The second-order valence-electron chi connectivity index (χ2n) is 5.40. The van der Waals surface area contributed by atoms with Crippen LogP contribution in [0.4, 0.5) is 0 Å². The van der Waals surface area contributed by atoms with Gasteiger partial charge < -0.3 is 4.74 Å². The van der Waals surface area contributed by atoms with Crippen LogP contribution in [0.1, 0.15) is 32.1 Å². The molecule has 0 spiro atoms. The molecular weight excluding hydrogens is 268 g/mol. The summed E-state index contributed by atoms with van der Waals surface area (Å²) < 4.78 is 32.4.